The summed E-state index contributed by atoms with van der Waals surface area (Å²) in [6, 6.07) is 24.9. The number of benzene rings is 4. The van der Waals surface area contributed by atoms with Crippen molar-refractivity contribution in [3.63, 3.8) is 0 Å². The predicted octanol–water partition coefficient (Wildman–Crippen LogP) is 6.87. The van der Waals surface area contributed by atoms with Crippen molar-refractivity contribution in [2.24, 2.45) is 5.92 Å². The normalized spacial score (nSPS) is 15.0. The maximum atomic E-state index is 12.8. The van der Waals surface area contributed by atoms with Gasteiger partial charge in [0.1, 0.15) is 49.0 Å². The molecule has 3 N–H and O–H groups in total. The van der Waals surface area contributed by atoms with Crippen LogP contribution in [0.5, 0.6) is 5.75 Å². The maximum absolute atomic E-state index is 12.8. The zero-order valence-electron chi connectivity index (χ0n) is 34.6. The molecule has 59 heavy (non-hydrogen) atoms. The van der Waals surface area contributed by atoms with Crippen LogP contribution in [0.3, 0.4) is 0 Å². The molecule has 3 aliphatic rings. The predicted molar refractivity (Wildman–Crippen MR) is 227 cm³/mol. The van der Waals surface area contributed by atoms with Crippen molar-refractivity contribution in [1.82, 2.24) is 9.89 Å². The minimum atomic E-state index is -0.947. The molecule has 3 aromatic carbocycles. The van der Waals surface area contributed by atoms with Crippen molar-refractivity contribution in [1.29, 1.82) is 0 Å². The number of carboxylic acids is 1. The Hall–Kier alpha value is -6.30. The van der Waals surface area contributed by atoms with Gasteiger partial charge in [-0.3, -0.25) is 14.4 Å². The van der Waals surface area contributed by atoms with E-state index in [2.05, 4.69) is 5.32 Å². The van der Waals surface area contributed by atoms with Crippen molar-refractivity contribution in [2.45, 2.75) is 77.4 Å². The lowest BCUT2D eigenvalue weighted by Crippen LogP contribution is -2.48. The number of carbonyl (C=O) groups excluding carboxylic acids is 4. The number of phenolic OH excluding ortho intramolecular Hbond substituents is 1. The molecular weight excluding hydrogens is 751 g/mol. The summed E-state index contributed by atoms with van der Waals surface area (Å²) < 4.78 is 13.2. The van der Waals surface area contributed by atoms with E-state index in [1.807, 2.05) is 86.2 Å². The topological polar surface area (TPSA) is 166 Å². The van der Waals surface area contributed by atoms with Gasteiger partial charge >= 0.3 is 11.9 Å². The molecule has 6 rings (SSSR count). The minimum absolute atomic E-state index is 0.0358. The van der Waals surface area contributed by atoms with E-state index in [4.69, 9.17) is 9.15 Å². The monoisotopic (exact) mass is 804 g/mol. The SMILES string of the molecule is CC(=O)CCCCCCC(=O)N[C@@H](Cc1ccc(O)cc1)C(=O)C[C@@H]1C(=O)O[C@@H]1C.CN(C)c1ccc2c(-c3ccccc3C(=O)O)c3ccc(=[N+](C)C)cc-3oc2c1. The van der Waals surface area contributed by atoms with Gasteiger partial charge in [0.2, 0.25) is 11.3 Å². The van der Waals surface area contributed by atoms with Crippen molar-refractivity contribution in [3.05, 3.63) is 101 Å². The summed E-state index contributed by atoms with van der Waals surface area (Å²) in [7, 11) is 7.92. The fourth-order valence-corrected chi connectivity index (χ4v) is 7.07. The number of anilines is 1. The lowest BCUT2D eigenvalue weighted by molar-refractivity contribution is -0.183. The summed E-state index contributed by atoms with van der Waals surface area (Å²) in [6.07, 6.45) is 4.17. The van der Waals surface area contributed by atoms with Crippen LogP contribution in [-0.4, -0.2) is 80.0 Å². The first-order chi connectivity index (χ1) is 28.1. The van der Waals surface area contributed by atoms with Gasteiger partial charge < -0.3 is 34.4 Å². The van der Waals surface area contributed by atoms with Crippen molar-refractivity contribution in [3.8, 4) is 28.2 Å². The molecule has 0 unspecified atom stereocenters. The first kappa shape index (κ1) is 43.8. The molecule has 1 amide bonds. The molecular formula is C47H54N3O9+. The number of cyclic esters (lactones) is 1. The number of ether oxygens (including phenoxy) is 1. The van der Waals surface area contributed by atoms with Crippen molar-refractivity contribution < 1.29 is 43.3 Å². The lowest BCUT2D eigenvalue weighted by Gasteiger charge is -2.32. The Balaban J connectivity index is 0.000000224. The fourth-order valence-electron chi connectivity index (χ4n) is 7.07. The van der Waals surface area contributed by atoms with Crippen LogP contribution in [0.15, 0.2) is 89.3 Å². The highest BCUT2D eigenvalue weighted by Gasteiger charge is 2.41. The third-order valence-electron chi connectivity index (χ3n) is 10.5. The Morgan fingerprint density at radius 1 is 0.864 bits per heavy atom. The quantitative estimate of drug-likeness (QED) is 0.0415. The van der Waals surface area contributed by atoms with E-state index < -0.39 is 17.9 Å². The number of phenols is 1. The number of hydrogen-bond donors (Lipinski definition) is 3. The van der Waals surface area contributed by atoms with Gasteiger partial charge in [-0.2, -0.15) is 0 Å². The van der Waals surface area contributed by atoms with Gasteiger partial charge in [-0.15, -0.1) is 0 Å². The van der Waals surface area contributed by atoms with E-state index in [9.17, 15) is 34.2 Å². The largest absolute Gasteiger partial charge is 0.508 e. The molecule has 0 bridgehead atoms. The van der Waals surface area contributed by atoms with Crippen LogP contribution in [-0.2, 0) is 30.3 Å². The van der Waals surface area contributed by atoms with E-state index in [0.717, 1.165) is 63.7 Å². The number of amides is 1. The van der Waals surface area contributed by atoms with E-state index in [1.165, 1.54) is 12.1 Å². The Morgan fingerprint density at radius 3 is 2.19 bits per heavy atom. The second-order valence-corrected chi connectivity index (χ2v) is 15.5. The summed E-state index contributed by atoms with van der Waals surface area (Å²) in [5.41, 5.74) is 5.25. The zero-order valence-corrected chi connectivity index (χ0v) is 34.6. The van der Waals surface area contributed by atoms with Gasteiger partial charge in [-0.25, -0.2) is 9.37 Å². The number of Topliss-reactive ketones (excluding diaryl/α,β-unsaturated/α-hetero) is 2. The van der Waals surface area contributed by atoms with Gasteiger partial charge in [-0.1, -0.05) is 43.2 Å². The minimum Gasteiger partial charge on any atom is -0.508 e. The number of esters is 1. The Labute approximate surface area is 344 Å². The summed E-state index contributed by atoms with van der Waals surface area (Å²) in [5, 5.41) is 23.9. The van der Waals surface area contributed by atoms with E-state index in [0.29, 0.717) is 31.2 Å². The summed E-state index contributed by atoms with van der Waals surface area (Å²) in [5.74, 6) is -1.18. The number of hydrogen-bond acceptors (Lipinski definition) is 9. The molecule has 0 radical (unpaired) electrons. The molecule has 1 saturated heterocycles. The second-order valence-electron chi connectivity index (χ2n) is 15.5. The first-order valence-electron chi connectivity index (χ1n) is 19.9. The highest BCUT2D eigenvalue weighted by Crippen LogP contribution is 2.42. The van der Waals surface area contributed by atoms with Crippen molar-refractivity contribution in [2.75, 3.05) is 33.1 Å². The van der Waals surface area contributed by atoms with Gasteiger partial charge in [0.25, 0.3) is 0 Å². The van der Waals surface area contributed by atoms with Gasteiger partial charge in [0.05, 0.1) is 17.7 Å². The van der Waals surface area contributed by atoms with Gasteiger partial charge in [-0.05, 0) is 80.6 Å². The molecule has 2 aliphatic heterocycles. The molecule has 3 atom stereocenters. The van der Waals surface area contributed by atoms with E-state index in [1.54, 1.807) is 38.1 Å². The highest BCUT2D eigenvalue weighted by atomic mass is 16.6. The van der Waals surface area contributed by atoms with Crippen LogP contribution in [0.4, 0.5) is 5.69 Å². The van der Waals surface area contributed by atoms with E-state index >= 15 is 0 Å². The maximum Gasteiger partial charge on any atom is 0.336 e. The number of aromatic carboxylic acids is 1. The standard InChI is InChI=1S/C24H22N2O3.C23H31NO6/c1-25(2)15-9-11-19-21(13-15)29-22-14-16(26(3)4)10-12-20(22)23(19)17-7-5-6-8-18(17)24(27)28;1-15(25)7-5-3-4-6-8-22(28)24-20(13-17-9-11-18(26)12-10-17)21(27)14-19-16(2)30-23(19)29/h5-14H,1-4H3;9-12,16,19-20,26H,3-8,13-14H2,1-2H3,(H,24,28)/p+1/t;16-,19+,20+/m.1/s1. The van der Waals surface area contributed by atoms with Crippen LogP contribution in [0, 0.1) is 5.92 Å². The number of unbranched alkanes of at least 4 members (excludes halogenated alkanes) is 3. The molecule has 3 aromatic rings. The number of ketones is 2. The molecule has 0 saturated carbocycles. The molecule has 310 valence electrons. The van der Waals surface area contributed by atoms with E-state index in [-0.39, 0.29) is 47.3 Å². The molecule has 1 fully saturated rings. The Bertz CT molecular complexity index is 2360. The van der Waals surface area contributed by atoms with Crippen LogP contribution in [0.1, 0.15) is 74.7 Å². The second kappa shape index (κ2) is 19.9. The molecule has 0 spiro atoms. The van der Waals surface area contributed by atoms with Crippen LogP contribution >= 0.6 is 0 Å². The molecule has 0 aromatic heterocycles. The first-order valence-corrected chi connectivity index (χ1v) is 19.9. The third-order valence-corrected chi connectivity index (χ3v) is 10.5. The number of rotatable bonds is 16. The Kier molecular flexibility index (Phi) is 14.8. The average molecular weight is 805 g/mol. The molecule has 12 heteroatoms. The zero-order chi connectivity index (χ0) is 42.8. The van der Waals surface area contributed by atoms with Crippen LogP contribution in [0.2, 0.25) is 0 Å². The summed E-state index contributed by atoms with van der Waals surface area (Å²) in [4.78, 5) is 61.7. The highest BCUT2D eigenvalue weighted by molar-refractivity contribution is 6.07. The number of nitrogens with one attached hydrogen (secondary N) is 1. The Morgan fingerprint density at radius 2 is 1.56 bits per heavy atom. The number of fused-ring (bicyclic) bond motifs is 2. The summed E-state index contributed by atoms with van der Waals surface area (Å²) >= 11 is 0. The van der Waals surface area contributed by atoms with Crippen LogP contribution < -0.4 is 20.1 Å². The fraction of sp³-hybridized carbons (Fsp3) is 0.362. The van der Waals surface area contributed by atoms with Crippen LogP contribution in [0.25, 0.3) is 33.4 Å². The number of carbonyl (C=O) groups is 5. The summed E-state index contributed by atoms with van der Waals surface area (Å²) in [6.45, 7) is 3.32. The molecule has 2 heterocycles. The average Bonchev–Trinajstić information content (AvgIpc) is 3.20. The number of nitrogens with zero attached hydrogens (tertiary/aromatic N) is 2. The third kappa shape index (κ3) is 11.4. The smallest absolute Gasteiger partial charge is 0.336 e. The number of aromatic hydroxyl groups is 1. The lowest BCUT2D eigenvalue weighted by atomic mass is 9.88. The number of carboxylic acid groups (broad SMARTS) is 1. The van der Waals surface area contributed by atoms with Crippen molar-refractivity contribution >= 4 is 46.1 Å². The van der Waals surface area contributed by atoms with Gasteiger partial charge in [0, 0.05) is 67.7 Å². The molecule has 12 nitrogen and oxygen atoms in total. The van der Waals surface area contributed by atoms with Gasteiger partial charge in [0.15, 0.2) is 5.78 Å². The molecule has 1 aliphatic carbocycles.